The highest BCUT2D eigenvalue weighted by molar-refractivity contribution is 5.76. The number of fused-ring (bicyclic) bond motifs is 1. The number of anilines is 1. The lowest BCUT2D eigenvalue weighted by molar-refractivity contribution is -0.152. The number of para-hydroxylation sites is 1. The van der Waals surface area contributed by atoms with Crippen molar-refractivity contribution < 1.29 is 14.3 Å². The first-order chi connectivity index (χ1) is 9.04. The van der Waals surface area contributed by atoms with Crippen LogP contribution in [-0.4, -0.2) is 26.2 Å². The zero-order valence-corrected chi connectivity index (χ0v) is 11.8. The molecule has 0 fully saturated rings. The van der Waals surface area contributed by atoms with Crippen molar-refractivity contribution in [1.82, 2.24) is 0 Å². The first-order valence-corrected chi connectivity index (χ1v) is 6.61. The normalized spacial score (nSPS) is 14.3. The molecule has 104 valence electrons. The molecule has 0 atom stereocenters. The van der Waals surface area contributed by atoms with Gasteiger partial charge < -0.3 is 14.8 Å². The third-order valence-corrected chi connectivity index (χ3v) is 3.36. The van der Waals surface area contributed by atoms with E-state index in [1.54, 1.807) is 0 Å². The Hall–Kier alpha value is -1.71. The van der Waals surface area contributed by atoms with Crippen LogP contribution >= 0.6 is 0 Å². The molecule has 0 bridgehead atoms. The third kappa shape index (κ3) is 3.00. The van der Waals surface area contributed by atoms with Crippen LogP contribution in [0.5, 0.6) is 5.75 Å². The number of methoxy groups -OCH3 is 1. The first kappa shape index (κ1) is 13.7. The van der Waals surface area contributed by atoms with Crippen molar-refractivity contribution in [3.8, 4) is 5.75 Å². The van der Waals surface area contributed by atoms with Gasteiger partial charge in [-0.15, -0.1) is 0 Å². The molecule has 0 amide bonds. The summed E-state index contributed by atoms with van der Waals surface area (Å²) in [6, 6.07) is 6.04. The van der Waals surface area contributed by atoms with Gasteiger partial charge in [-0.25, -0.2) is 0 Å². The number of hydrogen-bond acceptors (Lipinski definition) is 4. The van der Waals surface area contributed by atoms with E-state index in [1.807, 2.05) is 26.0 Å². The molecule has 4 heteroatoms. The maximum Gasteiger partial charge on any atom is 0.314 e. The van der Waals surface area contributed by atoms with Crippen LogP contribution in [0.2, 0.25) is 0 Å². The maximum absolute atomic E-state index is 11.6. The molecule has 1 heterocycles. The zero-order chi connectivity index (χ0) is 13.9. The highest BCUT2D eigenvalue weighted by Crippen LogP contribution is 2.33. The van der Waals surface area contributed by atoms with Crippen molar-refractivity contribution in [3.63, 3.8) is 0 Å². The predicted octanol–water partition coefficient (Wildman–Crippen LogP) is 2.62. The maximum atomic E-state index is 11.6. The topological polar surface area (TPSA) is 47.6 Å². The monoisotopic (exact) mass is 263 g/mol. The number of rotatable bonds is 4. The van der Waals surface area contributed by atoms with Gasteiger partial charge in [0, 0.05) is 6.54 Å². The summed E-state index contributed by atoms with van der Waals surface area (Å²) in [5, 5.41) is 3.37. The van der Waals surface area contributed by atoms with Crippen LogP contribution in [0.4, 0.5) is 5.69 Å². The van der Waals surface area contributed by atoms with Crippen molar-refractivity contribution in [1.29, 1.82) is 0 Å². The summed E-state index contributed by atoms with van der Waals surface area (Å²) < 4.78 is 10.6. The smallest absolute Gasteiger partial charge is 0.314 e. The van der Waals surface area contributed by atoms with Crippen LogP contribution in [0.15, 0.2) is 18.2 Å². The summed E-state index contributed by atoms with van der Waals surface area (Å²) in [7, 11) is 1.40. The predicted molar refractivity (Wildman–Crippen MR) is 74.5 cm³/mol. The molecule has 0 spiro atoms. The fourth-order valence-electron chi connectivity index (χ4n) is 2.19. The lowest BCUT2D eigenvalue weighted by Gasteiger charge is -2.25. The lowest BCUT2D eigenvalue weighted by atomic mass is 9.95. The second-order valence-corrected chi connectivity index (χ2v) is 5.48. The fraction of sp³-hybridized carbons (Fsp3) is 0.533. The molecular weight excluding hydrogens is 242 g/mol. The molecule has 1 aliphatic rings. The molecular formula is C15H21NO3. The van der Waals surface area contributed by atoms with E-state index in [4.69, 9.17) is 9.47 Å². The molecule has 1 N–H and O–H groups in total. The zero-order valence-electron chi connectivity index (χ0n) is 11.8. The fourth-order valence-corrected chi connectivity index (χ4v) is 2.19. The van der Waals surface area contributed by atoms with Crippen molar-refractivity contribution in [2.75, 3.05) is 25.6 Å². The number of carbonyl (C=O) groups excluding carboxylic acids is 1. The average Bonchev–Trinajstić information content (AvgIpc) is 2.44. The van der Waals surface area contributed by atoms with E-state index in [1.165, 1.54) is 12.7 Å². The largest absolute Gasteiger partial charge is 0.490 e. The molecule has 1 aliphatic heterocycles. The number of ether oxygens (including phenoxy) is 2. The molecule has 1 aromatic carbocycles. The van der Waals surface area contributed by atoms with E-state index in [9.17, 15) is 4.79 Å². The van der Waals surface area contributed by atoms with Gasteiger partial charge in [0.05, 0.1) is 18.2 Å². The van der Waals surface area contributed by atoms with Crippen LogP contribution < -0.4 is 10.1 Å². The second-order valence-electron chi connectivity index (χ2n) is 5.48. The molecule has 0 saturated heterocycles. The summed E-state index contributed by atoms with van der Waals surface area (Å²) in [6.07, 6.45) is 2.21. The highest BCUT2D eigenvalue weighted by Gasteiger charge is 2.30. The van der Waals surface area contributed by atoms with Crippen molar-refractivity contribution in [2.45, 2.75) is 26.7 Å². The van der Waals surface area contributed by atoms with Gasteiger partial charge in [0.25, 0.3) is 0 Å². The van der Waals surface area contributed by atoms with Gasteiger partial charge in [-0.3, -0.25) is 4.79 Å². The molecule has 0 aliphatic carbocycles. The van der Waals surface area contributed by atoms with E-state index in [2.05, 4.69) is 11.4 Å². The lowest BCUT2D eigenvalue weighted by Crippen LogP contribution is -2.32. The third-order valence-electron chi connectivity index (χ3n) is 3.36. The Morgan fingerprint density at radius 1 is 1.42 bits per heavy atom. The Bertz CT molecular complexity index is 468. The number of hydrogen-bond donors (Lipinski definition) is 1. The molecule has 0 unspecified atom stereocenters. The summed E-state index contributed by atoms with van der Waals surface area (Å²) in [6.45, 7) is 4.91. The number of aryl methyl sites for hydroxylation is 1. The van der Waals surface area contributed by atoms with Crippen LogP contribution in [0, 0.1) is 5.41 Å². The Morgan fingerprint density at radius 2 is 2.21 bits per heavy atom. The highest BCUT2D eigenvalue weighted by atomic mass is 16.5. The summed E-state index contributed by atoms with van der Waals surface area (Å²) in [5.74, 6) is 0.555. The number of benzene rings is 1. The van der Waals surface area contributed by atoms with E-state index in [0.29, 0.717) is 6.61 Å². The van der Waals surface area contributed by atoms with Crippen molar-refractivity contribution >= 4 is 11.7 Å². The van der Waals surface area contributed by atoms with E-state index >= 15 is 0 Å². The number of esters is 1. The van der Waals surface area contributed by atoms with E-state index in [-0.39, 0.29) is 5.97 Å². The molecule has 2 rings (SSSR count). The van der Waals surface area contributed by atoms with Crippen LogP contribution in [0.3, 0.4) is 0 Å². The summed E-state index contributed by atoms with van der Waals surface area (Å²) in [5.41, 5.74) is 1.70. The molecule has 0 saturated carbocycles. The van der Waals surface area contributed by atoms with E-state index in [0.717, 1.165) is 30.8 Å². The average molecular weight is 263 g/mol. The van der Waals surface area contributed by atoms with Crippen molar-refractivity contribution in [3.05, 3.63) is 23.8 Å². The van der Waals surface area contributed by atoms with Crippen LogP contribution in [-0.2, 0) is 16.0 Å². The van der Waals surface area contributed by atoms with Crippen LogP contribution in [0.25, 0.3) is 0 Å². The van der Waals surface area contributed by atoms with Gasteiger partial charge in [-0.05, 0) is 38.3 Å². The minimum Gasteiger partial charge on any atom is -0.490 e. The van der Waals surface area contributed by atoms with Gasteiger partial charge >= 0.3 is 5.97 Å². The van der Waals surface area contributed by atoms with Gasteiger partial charge in [-0.1, -0.05) is 12.1 Å². The van der Waals surface area contributed by atoms with Gasteiger partial charge in [0.1, 0.15) is 12.4 Å². The first-order valence-electron chi connectivity index (χ1n) is 6.61. The number of carbonyl (C=O) groups is 1. The quantitative estimate of drug-likeness (QED) is 0.848. The minimum absolute atomic E-state index is 0.259. The van der Waals surface area contributed by atoms with Gasteiger partial charge in [0.2, 0.25) is 0 Å². The van der Waals surface area contributed by atoms with Gasteiger partial charge in [0.15, 0.2) is 0 Å². The van der Waals surface area contributed by atoms with Gasteiger partial charge in [-0.2, -0.15) is 0 Å². The summed E-state index contributed by atoms with van der Waals surface area (Å²) >= 11 is 0. The molecule has 0 radical (unpaired) electrons. The van der Waals surface area contributed by atoms with Crippen molar-refractivity contribution in [2.24, 2.45) is 5.41 Å². The Labute approximate surface area is 114 Å². The SMILES string of the molecule is COC(=O)C(C)(C)COc1cccc2c1NCCC2. The van der Waals surface area contributed by atoms with Crippen LogP contribution in [0.1, 0.15) is 25.8 Å². The minimum atomic E-state index is -0.647. The Kier molecular flexibility index (Phi) is 3.98. The summed E-state index contributed by atoms with van der Waals surface area (Å²) in [4.78, 5) is 11.6. The van der Waals surface area contributed by atoms with E-state index < -0.39 is 5.41 Å². The second kappa shape index (κ2) is 5.51. The molecule has 19 heavy (non-hydrogen) atoms. The standard InChI is InChI=1S/C15H21NO3/c1-15(2,14(17)18-3)10-19-12-8-4-6-11-7-5-9-16-13(11)12/h4,6,8,16H,5,7,9-10H2,1-3H3. The Balaban J connectivity index is 2.10. The molecule has 4 nitrogen and oxygen atoms in total. The number of nitrogens with one attached hydrogen (secondary N) is 1. The molecule has 1 aromatic rings. The Morgan fingerprint density at radius 3 is 2.95 bits per heavy atom. The molecule has 0 aromatic heterocycles.